The first-order valence-electron chi connectivity index (χ1n) is 10.5. The predicted octanol–water partition coefficient (Wildman–Crippen LogP) is 7.96. The van der Waals surface area contributed by atoms with Crippen LogP contribution < -0.4 is 0 Å². The van der Waals surface area contributed by atoms with Gasteiger partial charge in [0.25, 0.3) is 0 Å². The summed E-state index contributed by atoms with van der Waals surface area (Å²) < 4.78 is 0. The molecule has 0 N–H and O–H groups in total. The van der Waals surface area contributed by atoms with Gasteiger partial charge in [0.15, 0.2) is 0 Å². The summed E-state index contributed by atoms with van der Waals surface area (Å²) in [5.74, 6) is 5.96. The van der Waals surface area contributed by atoms with Gasteiger partial charge in [-0.2, -0.15) is 0 Å². The summed E-state index contributed by atoms with van der Waals surface area (Å²) in [5.41, 5.74) is 0. The molecule has 2 saturated carbocycles. The summed E-state index contributed by atoms with van der Waals surface area (Å²) in [6, 6.07) is 0. The first-order valence-corrected chi connectivity index (χ1v) is 10.5. The third kappa shape index (κ3) is 8.02. The maximum absolute atomic E-state index is 2.40. The van der Waals surface area contributed by atoms with Gasteiger partial charge in [0.2, 0.25) is 0 Å². The van der Waals surface area contributed by atoms with E-state index in [0.29, 0.717) is 0 Å². The molecule has 0 aromatic heterocycles. The Labute approximate surface area is 142 Å². The van der Waals surface area contributed by atoms with Crippen molar-refractivity contribution in [3.05, 3.63) is 0 Å². The van der Waals surface area contributed by atoms with Crippen molar-refractivity contribution in [1.82, 2.24) is 0 Å². The van der Waals surface area contributed by atoms with Crippen LogP contribution in [-0.2, 0) is 0 Å². The summed E-state index contributed by atoms with van der Waals surface area (Å²) in [4.78, 5) is 0. The molecular weight excluding hydrogens is 264 g/mol. The van der Waals surface area contributed by atoms with E-state index in [-0.39, 0.29) is 0 Å². The van der Waals surface area contributed by atoms with Gasteiger partial charge < -0.3 is 0 Å². The van der Waals surface area contributed by atoms with Crippen LogP contribution >= 0.6 is 0 Å². The van der Waals surface area contributed by atoms with Crippen LogP contribution in [0.4, 0.5) is 0 Å². The van der Waals surface area contributed by atoms with E-state index in [2.05, 4.69) is 41.5 Å². The van der Waals surface area contributed by atoms with Gasteiger partial charge in [-0.15, -0.1) is 0 Å². The Morgan fingerprint density at radius 1 is 0.773 bits per heavy atom. The normalized spacial score (nSPS) is 35.0. The summed E-state index contributed by atoms with van der Waals surface area (Å²) in [5, 5.41) is 0. The standard InChI is InChI=1S/C11H22.C9H18.C2H6/c1-4-10-5-7-11(8-6-10)9(2)3;1-7-5-4-6-8(2)9(7)3;1-2/h9-11H,4-8H2,1-3H3;7-9H,4-6H2,1-3H3;1-2H3. The Hall–Kier alpha value is 0. The fourth-order valence-electron chi connectivity index (χ4n) is 4.11. The van der Waals surface area contributed by atoms with Crippen LogP contribution in [0.15, 0.2) is 0 Å². The Morgan fingerprint density at radius 2 is 1.23 bits per heavy atom. The first kappa shape index (κ1) is 22.0. The highest BCUT2D eigenvalue weighted by Crippen LogP contribution is 2.34. The van der Waals surface area contributed by atoms with Crippen molar-refractivity contribution in [3.63, 3.8) is 0 Å². The fraction of sp³-hybridized carbons (Fsp3) is 1.00. The molecule has 2 fully saturated rings. The van der Waals surface area contributed by atoms with Gasteiger partial charge in [-0.3, -0.25) is 0 Å². The van der Waals surface area contributed by atoms with E-state index in [9.17, 15) is 0 Å². The maximum Gasteiger partial charge on any atom is -0.0391 e. The lowest BCUT2D eigenvalue weighted by Crippen LogP contribution is -2.21. The van der Waals surface area contributed by atoms with Crippen molar-refractivity contribution < 1.29 is 0 Å². The smallest absolute Gasteiger partial charge is 0.0391 e. The zero-order valence-electron chi connectivity index (χ0n) is 17.1. The SMILES string of the molecule is CC.CC1CCCC(C)C1C.CCC1CCC(C(C)C)CC1. The summed E-state index contributed by atoms with van der Waals surface area (Å²) in [6.45, 7) is 18.3. The van der Waals surface area contributed by atoms with Crippen molar-refractivity contribution in [2.45, 2.75) is 107 Å². The minimum Gasteiger partial charge on any atom is -0.0683 e. The second kappa shape index (κ2) is 12.4. The van der Waals surface area contributed by atoms with E-state index in [0.717, 1.165) is 35.5 Å². The van der Waals surface area contributed by atoms with Crippen LogP contribution in [0.3, 0.4) is 0 Å². The molecule has 22 heavy (non-hydrogen) atoms. The second-order valence-corrected chi connectivity index (χ2v) is 8.18. The van der Waals surface area contributed by atoms with Gasteiger partial charge in [-0.1, -0.05) is 93.9 Å². The zero-order chi connectivity index (χ0) is 17.1. The Bertz CT molecular complexity index is 224. The monoisotopic (exact) mass is 310 g/mol. The van der Waals surface area contributed by atoms with Crippen LogP contribution in [0.1, 0.15) is 107 Å². The third-order valence-electron chi connectivity index (χ3n) is 6.53. The molecule has 0 amide bonds. The fourth-order valence-corrected chi connectivity index (χ4v) is 4.11. The lowest BCUT2D eigenvalue weighted by atomic mass is 9.75. The molecule has 134 valence electrons. The average Bonchev–Trinajstić information content (AvgIpc) is 2.55. The topological polar surface area (TPSA) is 0 Å². The van der Waals surface area contributed by atoms with Crippen LogP contribution in [0, 0.1) is 35.5 Å². The highest BCUT2D eigenvalue weighted by atomic mass is 14.3. The minimum absolute atomic E-state index is 0.924. The van der Waals surface area contributed by atoms with Crippen LogP contribution in [0.2, 0.25) is 0 Å². The van der Waals surface area contributed by atoms with E-state index >= 15 is 0 Å². The minimum atomic E-state index is 0.924. The number of hydrogen-bond donors (Lipinski definition) is 0. The molecule has 2 rings (SSSR count). The molecule has 0 nitrogen and oxygen atoms in total. The molecule has 0 radical (unpaired) electrons. The molecule has 2 aliphatic carbocycles. The average molecular weight is 311 g/mol. The Morgan fingerprint density at radius 3 is 1.55 bits per heavy atom. The Balaban J connectivity index is 0.000000366. The van der Waals surface area contributed by atoms with E-state index in [1.165, 1.54) is 51.4 Å². The molecule has 0 spiro atoms. The van der Waals surface area contributed by atoms with E-state index in [1.807, 2.05) is 13.8 Å². The van der Waals surface area contributed by atoms with Crippen molar-refractivity contribution in [2.24, 2.45) is 35.5 Å². The maximum atomic E-state index is 2.40. The molecule has 2 aliphatic rings. The Kier molecular flexibility index (Phi) is 12.4. The molecular formula is C22H46. The van der Waals surface area contributed by atoms with Gasteiger partial charge in [0.05, 0.1) is 0 Å². The summed E-state index contributed by atoms with van der Waals surface area (Å²) in [7, 11) is 0. The van der Waals surface area contributed by atoms with Crippen molar-refractivity contribution >= 4 is 0 Å². The van der Waals surface area contributed by atoms with Gasteiger partial charge >= 0.3 is 0 Å². The number of rotatable bonds is 2. The molecule has 2 unspecified atom stereocenters. The largest absolute Gasteiger partial charge is 0.0683 e. The van der Waals surface area contributed by atoms with Gasteiger partial charge in [-0.05, 0) is 48.3 Å². The van der Waals surface area contributed by atoms with E-state index < -0.39 is 0 Å². The van der Waals surface area contributed by atoms with Crippen molar-refractivity contribution in [3.8, 4) is 0 Å². The third-order valence-corrected chi connectivity index (χ3v) is 6.53. The van der Waals surface area contributed by atoms with Crippen LogP contribution in [0.25, 0.3) is 0 Å². The van der Waals surface area contributed by atoms with Crippen LogP contribution in [-0.4, -0.2) is 0 Å². The van der Waals surface area contributed by atoms with Gasteiger partial charge in [0, 0.05) is 0 Å². The second-order valence-electron chi connectivity index (χ2n) is 8.18. The summed E-state index contributed by atoms with van der Waals surface area (Å²) in [6.07, 6.45) is 11.8. The first-order chi connectivity index (χ1) is 10.5. The number of hydrogen-bond acceptors (Lipinski definition) is 0. The van der Waals surface area contributed by atoms with E-state index in [1.54, 1.807) is 0 Å². The highest BCUT2D eigenvalue weighted by Gasteiger charge is 2.23. The lowest BCUT2D eigenvalue weighted by molar-refractivity contribution is 0.197. The molecule has 0 saturated heterocycles. The highest BCUT2D eigenvalue weighted by molar-refractivity contribution is 4.74. The van der Waals surface area contributed by atoms with Crippen LogP contribution in [0.5, 0.6) is 0 Å². The quantitative estimate of drug-likeness (QED) is 0.485. The molecule has 0 aromatic rings. The summed E-state index contributed by atoms with van der Waals surface area (Å²) >= 11 is 0. The van der Waals surface area contributed by atoms with Gasteiger partial charge in [0.1, 0.15) is 0 Å². The molecule has 0 aliphatic heterocycles. The molecule has 0 heteroatoms. The van der Waals surface area contributed by atoms with Crippen molar-refractivity contribution in [2.75, 3.05) is 0 Å². The predicted molar refractivity (Wildman–Crippen MR) is 103 cm³/mol. The van der Waals surface area contributed by atoms with Gasteiger partial charge in [-0.25, -0.2) is 0 Å². The van der Waals surface area contributed by atoms with Crippen molar-refractivity contribution in [1.29, 1.82) is 0 Å². The molecule has 0 aromatic carbocycles. The zero-order valence-corrected chi connectivity index (χ0v) is 17.1. The molecule has 0 bridgehead atoms. The molecule has 0 heterocycles. The van der Waals surface area contributed by atoms with E-state index in [4.69, 9.17) is 0 Å². The lowest BCUT2D eigenvalue weighted by Gasteiger charge is -2.31. The molecule has 2 atom stereocenters.